The van der Waals surface area contributed by atoms with E-state index in [2.05, 4.69) is 0 Å². The second-order valence-electron chi connectivity index (χ2n) is 5.83. The molecule has 1 N–H and O–H groups in total. The molecule has 0 saturated carbocycles. The van der Waals surface area contributed by atoms with Crippen LogP contribution in [0.5, 0.6) is 11.5 Å². The van der Waals surface area contributed by atoms with Gasteiger partial charge in [0, 0.05) is 21.7 Å². The van der Waals surface area contributed by atoms with E-state index in [0.717, 1.165) is 11.1 Å². The van der Waals surface area contributed by atoms with Crippen molar-refractivity contribution in [2.24, 2.45) is 0 Å². The molecule has 0 fully saturated rings. The Morgan fingerprint density at radius 2 is 1.32 bits per heavy atom. The minimum Gasteiger partial charge on any atom is -0.508 e. The zero-order chi connectivity index (χ0) is 17.6. The lowest BCUT2D eigenvalue weighted by Gasteiger charge is -2.27. The number of halogens is 2. The quantitative estimate of drug-likeness (QED) is 0.512. The molecule has 0 unspecified atom stereocenters. The van der Waals surface area contributed by atoms with Crippen molar-refractivity contribution >= 4 is 29.2 Å². The zero-order valence-corrected chi connectivity index (χ0v) is 14.4. The van der Waals surface area contributed by atoms with Gasteiger partial charge in [0.15, 0.2) is 0 Å². The lowest BCUT2D eigenvalue weighted by Crippen LogP contribution is -2.36. The van der Waals surface area contributed by atoms with E-state index in [0.29, 0.717) is 21.4 Å². The molecule has 3 aromatic carbocycles. The fourth-order valence-electron chi connectivity index (χ4n) is 3.30. The van der Waals surface area contributed by atoms with Gasteiger partial charge in [-0.05, 0) is 47.5 Å². The van der Waals surface area contributed by atoms with Crippen LogP contribution in [0.4, 0.5) is 0 Å². The molecule has 1 aliphatic rings. The van der Waals surface area contributed by atoms with Crippen molar-refractivity contribution in [3.8, 4) is 11.5 Å². The SMILES string of the molecule is O=C1Oc2cc(O)ccc2C1(c1ccc(Cl)cc1)c1ccc(Cl)cc1. The van der Waals surface area contributed by atoms with Gasteiger partial charge < -0.3 is 9.84 Å². The van der Waals surface area contributed by atoms with Crippen LogP contribution in [-0.4, -0.2) is 11.1 Å². The topological polar surface area (TPSA) is 46.5 Å². The van der Waals surface area contributed by atoms with Crippen LogP contribution >= 0.6 is 23.2 Å². The van der Waals surface area contributed by atoms with E-state index in [9.17, 15) is 9.90 Å². The van der Waals surface area contributed by atoms with Gasteiger partial charge >= 0.3 is 5.97 Å². The Kier molecular flexibility index (Phi) is 3.71. The predicted octanol–water partition coefficient (Wildman–Crippen LogP) is 4.95. The zero-order valence-electron chi connectivity index (χ0n) is 12.9. The third kappa shape index (κ3) is 2.39. The van der Waals surface area contributed by atoms with Gasteiger partial charge in [-0.25, -0.2) is 4.79 Å². The van der Waals surface area contributed by atoms with Crippen LogP contribution in [0.2, 0.25) is 10.0 Å². The van der Waals surface area contributed by atoms with Gasteiger partial charge in [0.05, 0.1) is 0 Å². The summed E-state index contributed by atoms with van der Waals surface area (Å²) in [6.07, 6.45) is 0. The van der Waals surface area contributed by atoms with Crippen molar-refractivity contribution < 1.29 is 14.6 Å². The number of phenolic OH excluding ortho intramolecular Hbond substituents is 1. The highest BCUT2D eigenvalue weighted by molar-refractivity contribution is 6.30. The average Bonchev–Trinajstić information content (AvgIpc) is 2.88. The first-order valence-electron chi connectivity index (χ1n) is 7.59. The van der Waals surface area contributed by atoms with E-state index in [4.69, 9.17) is 27.9 Å². The van der Waals surface area contributed by atoms with Crippen molar-refractivity contribution in [1.82, 2.24) is 0 Å². The number of phenols is 1. The summed E-state index contributed by atoms with van der Waals surface area (Å²) in [5.41, 5.74) is 0.986. The van der Waals surface area contributed by atoms with Crippen LogP contribution in [0.15, 0.2) is 66.7 Å². The van der Waals surface area contributed by atoms with E-state index in [1.165, 1.54) is 6.07 Å². The monoisotopic (exact) mass is 370 g/mol. The third-order valence-electron chi connectivity index (χ3n) is 4.43. The summed E-state index contributed by atoms with van der Waals surface area (Å²) in [4.78, 5) is 13.1. The number of hydrogen-bond donors (Lipinski definition) is 1. The summed E-state index contributed by atoms with van der Waals surface area (Å²) in [7, 11) is 0. The summed E-state index contributed by atoms with van der Waals surface area (Å²) in [6, 6.07) is 18.9. The highest BCUT2D eigenvalue weighted by atomic mass is 35.5. The highest BCUT2D eigenvalue weighted by Gasteiger charge is 2.52. The molecule has 3 nitrogen and oxygen atoms in total. The summed E-state index contributed by atoms with van der Waals surface area (Å²) in [5.74, 6) is -0.0535. The van der Waals surface area contributed by atoms with E-state index in [1.54, 1.807) is 60.7 Å². The maximum Gasteiger partial charge on any atom is 0.331 e. The van der Waals surface area contributed by atoms with Crippen LogP contribution in [0.1, 0.15) is 16.7 Å². The normalized spacial score (nSPS) is 14.9. The smallest absolute Gasteiger partial charge is 0.331 e. The highest BCUT2D eigenvalue weighted by Crippen LogP contribution is 2.50. The van der Waals surface area contributed by atoms with E-state index < -0.39 is 11.4 Å². The molecule has 0 aliphatic carbocycles. The van der Waals surface area contributed by atoms with Crippen LogP contribution in [0, 0.1) is 0 Å². The van der Waals surface area contributed by atoms with E-state index >= 15 is 0 Å². The molecule has 0 spiro atoms. The largest absolute Gasteiger partial charge is 0.508 e. The molecular weight excluding hydrogens is 359 g/mol. The molecule has 0 bridgehead atoms. The van der Waals surface area contributed by atoms with Gasteiger partial charge in [0.25, 0.3) is 0 Å². The molecular formula is C20H12Cl2O3. The molecule has 25 heavy (non-hydrogen) atoms. The first-order chi connectivity index (χ1) is 12.0. The van der Waals surface area contributed by atoms with Gasteiger partial charge in [-0.15, -0.1) is 0 Å². The average molecular weight is 371 g/mol. The number of aromatic hydroxyl groups is 1. The van der Waals surface area contributed by atoms with Crippen molar-refractivity contribution in [3.63, 3.8) is 0 Å². The van der Waals surface area contributed by atoms with Crippen LogP contribution in [0.25, 0.3) is 0 Å². The van der Waals surface area contributed by atoms with E-state index in [1.807, 2.05) is 0 Å². The summed E-state index contributed by atoms with van der Waals surface area (Å²) in [6.45, 7) is 0. The van der Waals surface area contributed by atoms with Crippen molar-refractivity contribution in [2.75, 3.05) is 0 Å². The van der Waals surface area contributed by atoms with Crippen molar-refractivity contribution in [2.45, 2.75) is 5.41 Å². The first-order valence-corrected chi connectivity index (χ1v) is 8.35. The maximum absolute atomic E-state index is 13.1. The Morgan fingerprint density at radius 1 is 0.800 bits per heavy atom. The van der Waals surface area contributed by atoms with Crippen molar-refractivity contribution in [3.05, 3.63) is 93.5 Å². The predicted molar refractivity (Wildman–Crippen MR) is 96.5 cm³/mol. The Labute approximate surface area is 154 Å². The molecule has 1 aliphatic heterocycles. The van der Waals surface area contributed by atoms with Crippen LogP contribution in [0.3, 0.4) is 0 Å². The molecule has 0 saturated heterocycles. The number of carbonyl (C=O) groups is 1. The van der Waals surface area contributed by atoms with Crippen LogP contribution in [-0.2, 0) is 10.2 Å². The number of hydrogen-bond acceptors (Lipinski definition) is 3. The summed E-state index contributed by atoms with van der Waals surface area (Å²) >= 11 is 12.0. The molecule has 3 aromatic rings. The second-order valence-corrected chi connectivity index (χ2v) is 6.71. The molecule has 0 amide bonds. The lowest BCUT2D eigenvalue weighted by atomic mass is 9.70. The third-order valence-corrected chi connectivity index (χ3v) is 4.94. The minimum atomic E-state index is -1.14. The molecule has 5 heteroatoms. The van der Waals surface area contributed by atoms with Gasteiger partial charge in [0.1, 0.15) is 16.9 Å². The number of carbonyl (C=O) groups excluding carboxylic acids is 1. The Hall–Kier alpha value is -2.49. The Morgan fingerprint density at radius 3 is 1.84 bits per heavy atom. The van der Waals surface area contributed by atoms with Gasteiger partial charge in [0.2, 0.25) is 0 Å². The Balaban J connectivity index is 2.05. The van der Waals surface area contributed by atoms with Gasteiger partial charge in [-0.1, -0.05) is 47.5 Å². The molecule has 0 atom stereocenters. The van der Waals surface area contributed by atoms with Crippen molar-refractivity contribution in [1.29, 1.82) is 0 Å². The number of benzene rings is 3. The standard InChI is InChI=1S/C20H12Cl2O3/c21-14-5-1-12(2-6-14)20(13-3-7-15(22)8-4-13)17-10-9-16(23)11-18(17)25-19(20)24/h1-11,23H. The second kappa shape index (κ2) is 5.80. The Bertz CT molecular complexity index is 918. The number of rotatable bonds is 2. The lowest BCUT2D eigenvalue weighted by molar-refractivity contribution is -0.135. The minimum absolute atomic E-state index is 0.0366. The maximum atomic E-state index is 13.1. The van der Waals surface area contributed by atoms with Crippen LogP contribution < -0.4 is 4.74 Å². The molecule has 1 heterocycles. The number of ether oxygens (including phenoxy) is 1. The van der Waals surface area contributed by atoms with Gasteiger partial charge in [-0.2, -0.15) is 0 Å². The molecule has 124 valence electrons. The molecule has 0 radical (unpaired) electrons. The summed E-state index contributed by atoms with van der Waals surface area (Å²) in [5, 5.41) is 10.9. The van der Waals surface area contributed by atoms with Gasteiger partial charge in [-0.3, -0.25) is 0 Å². The molecule has 4 rings (SSSR count). The number of esters is 1. The molecule has 0 aromatic heterocycles. The van der Waals surface area contributed by atoms with E-state index in [-0.39, 0.29) is 5.75 Å². The summed E-state index contributed by atoms with van der Waals surface area (Å²) < 4.78 is 5.51. The first kappa shape index (κ1) is 16.0. The fraction of sp³-hybridized carbons (Fsp3) is 0.0500. The fourth-order valence-corrected chi connectivity index (χ4v) is 3.56. The number of fused-ring (bicyclic) bond motifs is 1.